The van der Waals surface area contributed by atoms with Gasteiger partial charge in [0.15, 0.2) is 0 Å². The summed E-state index contributed by atoms with van der Waals surface area (Å²) in [5.74, 6) is -0.190. The van der Waals surface area contributed by atoms with E-state index < -0.39 is 5.91 Å². The third kappa shape index (κ3) is 3.76. The van der Waals surface area contributed by atoms with Crippen molar-refractivity contribution >= 4 is 45.3 Å². The first-order valence-corrected chi connectivity index (χ1v) is 8.84. The fourth-order valence-corrected chi connectivity index (χ4v) is 3.61. The SMILES string of the molecule is Cc1sc2nc(CC(=O)N/N=C/c3cc(Cl)ccc3O)[nH]c(=O)c2c1C. The van der Waals surface area contributed by atoms with Crippen LogP contribution in [0.25, 0.3) is 10.2 Å². The lowest BCUT2D eigenvalue weighted by Gasteiger charge is -2.01. The van der Waals surface area contributed by atoms with Crippen LogP contribution in [0.3, 0.4) is 0 Å². The van der Waals surface area contributed by atoms with E-state index >= 15 is 0 Å². The number of thiophene rings is 1. The van der Waals surface area contributed by atoms with Crippen molar-refractivity contribution in [3.8, 4) is 5.75 Å². The minimum absolute atomic E-state index is 0.00715. The number of aromatic amines is 1. The molecule has 1 aromatic carbocycles. The van der Waals surface area contributed by atoms with Crippen molar-refractivity contribution in [1.29, 1.82) is 0 Å². The number of H-pyrrole nitrogens is 1. The Balaban J connectivity index is 1.72. The number of benzene rings is 1. The third-order valence-corrected chi connectivity index (χ3v) is 5.13. The Morgan fingerprint density at radius 3 is 3.00 bits per heavy atom. The van der Waals surface area contributed by atoms with Gasteiger partial charge in [0.2, 0.25) is 5.91 Å². The zero-order chi connectivity index (χ0) is 18.8. The van der Waals surface area contributed by atoms with Crippen LogP contribution in [0.15, 0.2) is 28.1 Å². The molecular formula is C17H15ClN4O3S. The van der Waals surface area contributed by atoms with E-state index in [-0.39, 0.29) is 23.6 Å². The highest BCUT2D eigenvalue weighted by atomic mass is 35.5. The number of aromatic nitrogens is 2. The number of hydrogen-bond acceptors (Lipinski definition) is 6. The van der Waals surface area contributed by atoms with Gasteiger partial charge in [-0.15, -0.1) is 11.3 Å². The summed E-state index contributed by atoms with van der Waals surface area (Å²) in [7, 11) is 0. The van der Waals surface area contributed by atoms with Crippen LogP contribution >= 0.6 is 22.9 Å². The molecule has 0 aliphatic rings. The number of rotatable bonds is 4. The number of hydrazone groups is 1. The van der Waals surface area contributed by atoms with Crippen LogP contribution in [0, 0.1) is 13.8 Å². The number of nitrogens with zero attached hydrogens (tertiary/aromatic N) is 2. The molecule has 9 heteroatoms. The van der Waals surface area contributed by atoms with Crippen molar-refractivity contribution in [3.63, 3.8) is 0 Å². The fraction of sp³-hybridized carbons (Fsp3) is 0.176. The number of phenols is 1. The second-order valence-corrected chi connectivity index (χ2v) is 7.29. The van der Waals surface area contributed by atoms with Crippen molar-refractivity contribution < 1.29 is 9.90 Å². The number of aromatic hydroxyl groups is 1. The first-order valence-electron chi connectivity index (χ1n) is 7.64. The van der Waals surface area contributed by atoms with Gasteiger partial charge < -0.3 is 10.1 Å². The van der Waals surface area contributed by atoms with Gasteiger partial charge in [-0.1, -0.05) is 11.6 Å². The third-order valence-electron chi connectivity index (χ3n) is 3.80. The van der Waals surface area contributed by atoms with E-state index in [9.17, 15) is 14.7 Å². The molecule has 0 aliphatic heterocycles. The van der Waals surface area contributed by atoms with E-state index in [4.69, 9.17) is 11.6 Å². The normalized spacial score (nSPS) is 11.3. The van der Waals surface area contributed by atoms with Crippen LogP contribution in [-0.2, 0) is 11.2 Å². The quantitative estimate of drug-likeness (QED) is 0.470. The number of amides is 1. The standard InChI is InChI=1S/C17H15ClN4O3S/c1-8-9(2)26-17-15(8)16(25)20-13(21-17)6-14(24)22-19-7-10-5-11(18)3-4-12(10)23/h3-5,7,23H,6H2,1-2H3,(H,22,24)(H,20,21,25)/b19-7+. The maximum atomic E-state index is 12.2. The smallest absolute Gasteiger partial charge is 0.259 e. The summed E-state index contributed by atoms with van der Waals surface area (Å²) in [6.07, 6.45) is 1.16. The van der Waals surface area contributed by atoms with Gasteiger partial charge >= 0.3 is 0 Å². The topological polar surface area (TPSA) is 107 Å². The van der Waals surface area contributed by atoms with Gasteiger partial charge in [0.1, 0.15) is 16.4 Å². The number of nitrogens with one attached hydrogen (secondary N) is 2. The molecule has 0 aliphatic carbocycles. The molecule has 0 saturated heterocycles. The zero-order valence-electron chi connectivity index (χ0n) is 14.0. The fourth-order valence-electron chi connectivity index (χ4n) is 2.38. The number of carbonyl (C=O) groups is 1. The van der Waals surface area contributed by atoms with Crippen molar-refractivity contribution in [2.45, 2.75) is 20.3 Å². The Kier molecular flexibility index (Phi) is 5.06. The summed E-state index contributed by atoms with van der Waals surface area (Å²) >= 11 is 7.26. The molecule has 3 N–H and O–H groups in total. The summed E-state index contributed by atoms with van der Waals surface area (Å²) in [5, 5.41) is 14.5. The van der Waals surface area contributed by atoms with Gasteiger partial charge in [-0.3, -0.25) is 9.59 Å². The molecule has 0 atom stereocenters. The van der Waals surface area contributed by atoms with E-state index in [1.807, 2.05) is 13.8 Å². The van der Waals surface area contributed by atoms with E-state index in [1.54, 1.807) is 6.07 Å². The molecule has 0 radical (unpaired) electrons. The molecule has 0 spiro atoms. The molecule has 26 heavy (non-hydrogen) atoms. The average Bonchev–Trinajstić information content (AvgIpc) is 2.85. The minimum atomic E-state index is -0.449. The Morgan fingerprint density at radius 2 is 2.23 bits per heavy atom. The molecule has 0 bridgehead atoms. The van der Waals surface area contributed by atoms with Gasteiger partial charge in [0.05, 0.1) is 18.0 Å². The lowest BCUT2D eigenvalue weighted by Crippen LogP contribution is -2.23. The van der Waals surface area contributed by atoms with E-state index in [2.05, 4.69) is 20.5 Å². The summed E-state index contributed by atoms with van der Waals surface area (Å²) in [6.45, 7) is 3.80. The monoisotopic (exact) mass is 390 g/mol. The number of hydrogen-bond donors (Lipinski definition) is 3. The average molecular weight is 391 g/mol. The second-order valence-electron chi connectivity index (χ2n) is 5.65. The Morgan fingerprint density at radius 1 is 1.46 bits per heavy atom. The molecule has 0 unspecified atom stereocenters. The minimum Gasteiger partial charge on any atom is -0.507 e. The van der Waals surface area contributed by atoms with Crippen LogP contribution < -0.4 is 11.0 Å². The number of halogens is 1. The maximum absolute atomic E-state index is 12.2. The van der Waals surface area contributed by atoms with Gasteiger partial charge in [-0.2, -0.15) is 5.10 Å². The molecule has 3 aromatic rings. The Hall–Kier alpha value is -2.71. The molecule has 0 fully saturated rings. The molecule has 134 valence electrons. The van der Waals surface area contributed by atoms with Gasteiger partial charge in [0, 0.05) is 15.5 Å². The van der Waals surface area contributed by atoms with Crippen molar-refractivity contribution in [3.05, 3.63) is 55.4 Å². The van der Waals surface area contributed by atoms with Crippen molar-refractivity contribution in [1.82, 2.24) is 15.4 Å². The lowest BCUT2D eigenvalue weighted by molar-refractivity contribution is -0.120. The van der Waals surface area contributed by atoms with Crippen LogP contribution in [0.4, 0.5) is 0 Å². The lowest BCUT2D eigenvalue weighted by atomic mass is 10.2. The Bertz CT molecular complexity index is 1090. The first-order chi connectivity index (χ1) is 12.3. The number of fused-ring (bicyclic) bond motifs is 1. The Labute approximate surface area is 157 Å². The molecule has 7 nitrogen and oxygen atoms in total. The molecule has 0 saturated carbocycles. The van der Waals surface area contributed by atoms with E-state index in [0.717, 1.165) is 10.4 Å². The van der Waals surface area contributed by atoms with Crippen LogP contribution in [-0.4, -0.2) is 27.2 Å². The van der Waals surface area contributed by atoms with Crippen LogP contribution in [0.2, 0.25) is 5.02 Å². The van der Waals surface area contributed by atoms with Gasteiger partial charge in [0.25, 0.3) is 5.56 Å². The van der Waals surface area contributed by atoms with Crippen LogP contribution in [0.5, 0.6) is 5.75 Å². The van der Waals surface area contributed by atoms with Crippen molar-refractivity contribution in [2.75, 3.05) is 0 Å². The van der Waals surface area contributed by atoms with Gasteiger partial charge in [-0.05, 0) is 37.6 Å². The second kappa shape index (κ2) is 7.27. The molecule has 1 amide bonds. The van der Waals surface area contributed by atoms with Crippen LogP contribution in [0.1, 0.15) is 21.8 Å². The largest absolute Gasteiger partial charge is 0.507 e. The zero-order valence-corrected chi connectivity index (χ0v) is 15.5. The summed E-state index contributed by atoms with van der Waals surface area (Å²) in [6, 6.07) is 4.49. The molecule has 2 aromatic heterocycles. The summed E-state index contributed by atoms with van der Waals surface area (Å²) in [4.78, 5) is 32.8. The molecule has 3 rings (SSSR count). The molecule has 2 heterocycles. The predicted molar refractivity (Wildman–Crippen MR) is 102 cm³/mol. The number of aryl methyl sites for hydroxylation is 2. The maximum Gasteiger partial charge on any atom is 0.259 e. The summed E-state index contributed by atoms with van der Waals surface area (Å²) in [5.41, 5.74) is 3.34. The molecular weight excluding hydrogens is 376 g/mol. The highest BCUT2D eigenvalue weighted by Gasteiger charge is 2.13. The highest BCUT2D eigenvalue weighted by Crippen LogP contribution is 2.25. The predicted octanol–water partition coefficient (Wildman–Crippen LogP) is 2.65. The van der Waals surface area contributed by atoms with E-state index in [0.29, 0.717) is 20.8 Å². The number of carbonyl (C=O) groups excluding carboxylic acids is 1. The summed E-state index contributed by atoms with van der Waals surface area (Å²) < 4.78 is 0. The first kappa shape index (κ1) is 18.1. The van der Waals surface area contributed by atoms with Gasteiger partial charge in [-0.25, -0.2) is 10.4 Å². The van der Waals surface area contributed by atoms with E-state index in [1.165, 1.54) is 29.7 Å². The number of phenolic OH excluding ortho intramolecular Hbond substituents is 1. The highest BCUT2D eigenvalue weighted by molar-refractivity contribution is 7.18. The van der Waals surface area contributed by atoms with Crippen molar-refractivity contribution in [2.24, 2.45) is 5.10 Å².